The van der Waals surface area contributed by atoms with Crippen LogP contribution in [0.4, 0.5) is 4.39 Å². The van der Waals surface area contributed by atoms with Gasteiger partial charge in [-0.25, -0.2) is 4.39 Å². The van der Waals surface area contributed by atoms with E-state index in [1.54, 1.807) is 19.1 Å². The quantitative estimate of drug-likeness (QED) is 0.454. The third kappa shape index (κ3) is 6.45. The Morgan fingerprint density at radius 1 is 1.06 bits per heavy atom. The molecule has 0 aliphatic heterocycles. The molecule has 3 rings (SSSR count). The summed E-state index contributed by atoms with van der Waals surface area (Å²) in [6.45, 7) is 8.19. The zero-order chi connectivity index (χ0) is 22.4. The Morgan fingerprint density at radius 2 is 1.74 bits per heavy atom. The molecule has 0 fully saturated rings. The van der Waals surface area contributed by atoms with Crippen molar-refractivity contribution in [2.24, 2.45) is 0 Å². The summed E-state index contributed by atoms with van der Waals surface area (Å²) in [5.41, 5.74) is 1.03. The predicted molar refractivity (Wildman–Crippen MR) is 117 cm³/mol. The molecule has 2 aromatic carbocycles. The second-order valence-electron chi connectivity index (χ2n) is 8.12. The van der Waals surface area contributed by atoms with E-state index in [0.29, 0.717) is 11.0 Å². The average molecular weight is 447 g/mol. The number of nitrogens with zero attached hydrogens (tertiary/aromatic N) is 2. The van der Waals surface area contributed by atoms with Gasteiger partial charge < -0.3 is 19.0 Å². The average Bonchev–Trinajstić information content (AvgIpc) is 3.21. The first-order valence-electron chi connectivity index (χ1n) is 10.0. The van der Waals surface area contributed by atoms with Gasteiger partial charge in [0, 0.05) is 5.75 Å². The SMILES string of the molecule is CC(Oc1ccccc1F)c1nnc(SCC(O)COc2ccccc2C(C)(C)C)o1. The third-order valence-electron chi connectivity index (χ3n) is 4.44. The maximum Gasteiger partial charge on any atom is 0.276 e. The monoisotopic (exact) mass is 446 g/mol. The lowest BCUT2D eigenvalue weighted by molar-refractivity contribution is 0.125. The summed E-state index contributed by atoms with van der Waals surface area (Å²) in [6.07, 6.45) is -1.33. The van der Waals surface area contributed by atoms with Crippen LogP contribution >= 0.6 is 11.8 Å². The fourth-order valence-electron chi connectivity index (χ4n) is 2.84. The molecule has 1 aromatic heterocycles. The van der Waals surface area contributed by atoms with Crippen LogP contribution in [-0.4, -0.2) is 33.8 Å². The maximum absolute atomic E-state index is 13.7. The number of benzene rings is 2. The summed E-state index contributed by atoms with van der Waals surface area (Å²) < 4.78 is 30.7. The molecular weight excluding hydrogens is 419 g/mol. The number of hydrogen-bond acceptors (Lipinski definition) is 7. The van der Waals surface area contributed by atoms with Gasteiger partial charge in [-0.3, -0.25) is 0 Å². The van der Waals surface area contributed by atoms with Crippen molar-refractivity contribution in [2.45, 2.75) is 50.5 Å². The Bertz CT molecular complexity index is 989. The zero-order valence-electron chi connectivity index (χ0n) is 18.0. The standard InChI is InChI=1S/C23H27FN2O4S/c1-15(29-20-12-8-6-10-18(20)24)21-25-26-22(30-21)31-14-16(27)13-28-19-11-7-5-9-17(19)23(2,3)4/h5-12,15-16,27H,13-14H2,1-4H3. The van der Waals surface area contributed by atoms with E-state index in [4.69, 9.17) is 13.9 Å². The topological polar surface area (TPSA) is 77.6 Å². The van der Waals surface area contributed by atoms with E-state index in [1.165, 1.54) is 23.9 Å². The molecule has 2 atom stereocenters. The number of ether oxygens (including phenoxy) is 2. The lowest BCUT2D eigenvalue weighted by Gasteiger charge is -2.23. The van der Waals surface area contributed by atoms with Crippen molar-refractivity contribution in [3.05, 3.63) is 65.8 Å². The molecule has 1 N–H and O–H groups in total. The minimum atomic E-state index is -0.722. The van der Waals surface area contributed by atoms with Gasteiger partial charge >= 0.3 is 0 Å². The van der Waals surface area contributed by atoms with Gasteiger partial charge in [-0.2, -0.15) is 0 Å². The van der Waals surface area contributed by atoms with Crippen molar-refractivity contribution >= 4 is 11.8 Å². The smallest absolute Gasteiger partial charge is 0.276 e. The number of aromatic nitrogens is 2. The van der Waals surface area contributed by atoms with Crippen molar-refractivity contribution in [1.82, 2.24) is 10.2 Å². The molecule has 0 bridgehead atoms. The number of thioether (sulfide) groups is 1. The van der Waals surface area contributed by atoms with Crippen LogP contribution in [0.5, 0.6) is 11.5 Å². The summed E-state index contributed by atoms with van der Waals surface area (Å²) in [6, 6.07) is 13.9. The first-order valence-corrected chi connectivity index (χ1v) is 11.0. The molecular formula is C23H27FN2O4S. The number of aliphatic hydroxyl groups is 1. The molecule has 166 valence electrons. The lowest BCUT2D eigenvalue weighted by atomic mass is 9.86. The zero-order valence-corrected chi connectivity index (χ0v) is 18.9. The fourth-order valence-corrected chi connectivity index (χ4v) is 3.51. The van der Waals surface area contributed by atoms with E-state index in [0.717, 1.165) is 11.3 Å². The van der Waals surface area contributed by atoms with Crippen LogP contribution in [0.1, 0.15) is 45.3 Å². The van der Waals surface area contributed by atoms with Gasteiger partial charge in [0.25, 0.3) is 11.1 Å². The molecule has 3 aromatic rings. The van der Waals surface area contributed by atoms with Crippen LogP contribution in [0.15, 0.2) is 58.2 Å². The largest absolute Gasteiger partial charge is 0.491 e. The molecule has 1 heterocycles. The van der Waals surface area contributed by atoms with Gasteiger partial charge in [0.05, 0.1) is 6.10 Å². The highest BCUT2D eigenvalue weighted by molar-refractivity contribution is 7.99. The molecule has 0 aliphatic carbocycles. The molecule has 0 aliphatic rings. The molecule has 0 spiro atoms. The van der Waals surface area contributed by atoms with Crippen molar-refractivity contribution in [2.75, 3.05) is 12.4 Å². The van der Waals surface area contributed by atoms with Crippen molar-refractivity contribution in [3.8, 4) is 11.5 Å². The highest BCUT2D eigenvalue weighted by Gasteiger charge is 2.20. The third-order valence-corrected chi connectivity index (χ3v) is 5.40. The van der Waals surface area contributed by atoms with Crippen LogP contribution in [0.3, 0.4) is 0 Å². The Morgan fingerprint density at radius 3 is 2.45 bits per heavy atom. The first-order chi connectivity index (χ1) is 14.7. The molecule has 0 radical (unpaired) electrons. The summed E-state index contributed by atoms with van der Waals surface area (Å²) in [4.78, 5) is 0. The number of halogens is 1. The maximum atomic E-state index is 13.7. The summed E-state index contributed by atoms with van der Waals surface area (Å²) in [7, 11) is 0. The highest BCUT2D eigenvalue weighted by atomic mass is 32.2. The van der Waals surface area contributed by atoms with Gasteiger partial charge in [-0.05, 0) is 36.1 Å². The minimum Gasteiger partial charge on any atom is -0.491 e. The Kier molecular flexibility index (Phi) is 7.56. The summed E-state index contributed by atoms with van der Waals surface area (Å²) in [5.74, 6) is 0.973. The number of rotatable bonds is 9. The second kappa shape index (κ2) is 10.2. The number of hydrogen-bond donors (Lipinski definition) is 1. The minimum absolute atomic E-state index is 0.0577. The summed E-state index contributed by atoms with van der Waals surface area (Å²) in [5, 5.41) is 18.5. The van der Waals surface area contributed by atoms with Crippen LogP contribution in [0.2, 0.25) is 0 Å². The van der Waals surface area contributed by atoms with E-state index in [9.17, 15) is 9.50 Å². The number of para-hydroxylation sites is 2. The van der Waals surface area contributed by atoms with Crippen LogP contribution in [-0.2, 0) is 5.41 Å². The summed E-state index contributed by atoms with van der Waals surface area (Å²) >= 11 is 1.22. The Labute approximate surface area is 185 Å². The van der Waals surface area contributed by atoms with Crippen molar-refractivity contribution < 1.29 is 23.4 Å². The molecule has 0 amide bonds. The first kappa shape index (κ1) is 23.1. The predicted octanol–water partition coefficient (Wildman–Crippen LogP) is 5.18. The molecule has 0 saturated heterocycles. The van der Waals surface area contributed by atoms with Gasteiger partial charge in [-0.15, -0.1) is 10.2 Å². The van der Waals surface area contributed by atoms with Gasteiger partial charge in [0.15, 0.2) is 17.7 Å². The van der Waals surface area contributed by atoms with E-state index in [2.05, 4.69) is 31.0 Å². The molecule has 8 heteroatoms. The molecule has 31 heavy (non-hydrogen) atoms. The van der Waals surface area contributed by atoms with E-state index in [1.807, 2.05) is 24.3 Å². The Balaban J connectivity index is 1.50. The highest BCUT2D eigenvalue weighted by Crippen LogP contribution is 2.31. The van der Waals surface area contributed by atoms with Gasteiger partial charge in [0.2, 0.25) is 0 Å². The van der Waals surface area contributed by atoms with Crippen molar-refractivity contribution in [1.29, 1.82) is 0 Å². The normalized spacial score (nSPS) is 13.6. The van der Waals surface area contributed by atoms with Crippen molar-refractivity contribution in [3.63, 3.8) is 0 Å². The number of aliphatic hydroxyl groups excluding tert-OH is 1. The molecule has 0 saturated carbocycles. The lowest BCUT2D eigenvalue weighted by Crippen LogP contribution is -2.22. The van der Waals surface area contributed by atoms with E-state index >= 15 is 0 Å². The molecule has 6 nitrogen and oxygen atoms in total. The fraction of sp³-hybridized carbons (Fsp3) is 0.391. The second-order valence-corrected chi connectivity index (χ2v) is 9.09. The van der Waals surface area contributed by atoms with E-state index < -0.39 is 18.0 Å². The molecule has 2 unspecified atom stereocenters. The van der Waals surface area contributed by atoms with E-state index in [-0.39, 0.29) is 23.7 Å². The van der Waals surface area contributed by atoms with Crippen LogP contribution in [0.25, 0.3) is 0 Å². The van der Waals surface area contributed by atoms with Crippen LogP contribution < -0.4 is 9.47 Å². The van der Waals surface area contributed by atoms with Gasteiger partial charge in [0.1, 0.15) is 12.4 Å². The van der Waals surface area contributed by atoms with Crippen LogP contribution in [0, 0.1) is 5.82 Å². The van der Waals surface area contributed by atoms with Gasteiger partial charge in [-0.1, -0.05) is 62.9 Å². The Hall–Kier alpha value is -2.58.